The third-order valence-electron chi connectivity index (χ3n) is 3.29. The average molecular weight is 208 g/mol. The van der Waals surface area contributed by atoms with Crippen LogP contribution in [0, 0.1) is 6.92 Å². The molecule has 84 valence electrons. The first kappa shape index (κ1) is 10.7. The van der Waals surface area contributed by atoms with Gasteiger partial charge < -0.3 is 4.52 Å². The smallest absolute Gasteiger partial charge is 0.133 e. The van der Waals surface area contributed by atoms with Gasteiger partial charge in [0.2, 0.25) is 0 Å². The first-order chi connectivity index (χ1) is 7.29. The van der Waals surface area contributed by atoms with E-state index in [4.69, 9.17) is 4.52 Å². The molecule has 0 spiro atoms. The Morgan fingerprint density at radius 2 is 2.20 bits per heavy atom. The number of nitrogens with zero attached hydrogens (tertiary/aromatic N) is 2. The molecule has 3 nitrogen and oxygen atoms in total. The van der Waals surface area contributed by atoms with Gasteiger partial charge in [-0.2, -0.15) is 0 Å². The Bertz CT molecular complexity index is 302. The van der Waals surface area contributed by atoms with Gasteiger partial charge in [0.15, 0.2) is 0 Å². The van der Waals surface area contributed by atoms with E-state index >= 15 is 0 Å². The Hall–Kier alpha value is -0.830. The molecular formula is C12H20N2O. The molecular weight excluding hydrogens is 188 g/mol. The molecule has 1 aliphatic rings. The van der Waals surface area contributed by atoms with Gasteiger partial charge in [0.1, 0.15) is 5.76 Å². The van der Waals surface area contributed by atoms with Crippen molar-refractivity contribution in [2.24, 2.45) is 0 Å². The summed E-state index contributed by atoms with van der Waals surface area (Å²) in [6.07, 6.45) is 5.48. The van der Waals surface area contributed by atoms with Crippen molar-refractivity contribution >= 4 is 0 Å². The fourth-order valence-corrected chi connectivity index (χ4v) is 2.47. The molecule has 1 saturated carbocycles. The molecule has 0 saturated heterocycles. The Kier molecular flexibility index (Phi) is 3.41. The van der Waals surface area contributed by atoms with Crippen LogP contribution in [-0.2, 0) is 6.54 Å². The Labute approximate surface area is 91.4 Å². The second-order valence-electron chi connectivity index (χ2n) is 4.43. The normalized spacial score (nSPS) is 17.8. The van der Waals surface area contributed by atoms with Crippen LogP contribution in [0.25, 0.3) is 0 Å². The van der Waals surface area contributed by atoms with E-state index in [-0.39, 0.29) is 0 Å². The van der Waals surface area contributed by atoms with Gasteiger partial charge in [0, 0.05) is 18.7 Å². The topological polar surface area (TPSA) is 29.3 Å². The number of rotatable bonds is 4. The van der Waals surface area contributed by atoms with Crippen molar-refractivity contribution in [1.29, 1.82) is 0 Å². The Morgan fingerprint density at radius 3 is 2.73 bits per heavy atom. The SMILES string of the molecule is CCN(Cc1cc(C)on1)C1CCCC1. The van der Waals surface area contributed by atoms with Gasteiger partial charge >= 0.3 is 0 Å². The second-order valence-corrected chi connectivity index (χ2v) is 4.43. The minimum atomic E-state index is 0.770. The highest BCUT2D eigenvalue weighted by Gasteiger charge is 2.21. The van der Waals surface area contributed by atoms with Crippen LogP contribution in [0.4, 0.5) is 0 Å². The van der Waals surface area contributed by atoms with Crippen molar-refractivity contribution in [3.63, 3.8) is 0 Å². The first-order valence-corrected chi connectivity index (χ1v) is 5.96. The van der Waals surface area contributed by atoms with Crippen molar-refractivity contribution < 1.29 is 4.52 Å². The molecule has 1 aliphatic carbocycles. The van der Waals surface area contributed by atoms with Gasteiger partial charge in [0.05, 0.1) is 5.69 Å². The minimum absolute atomic E-state index is 0.770. The molecule has 0 atom stereocenters. The molecule has 0 aromatic carbocycles. The predicted octanol–water partition coefficient (Wildman–Crippen LogP) is 2.75. The summed E-state index contributed by atoms with van der Waals surface area (Å²) < 4.78 is 5.10. The van der Waals surface area contributed by atoms with Crippen LogP contribution in [0.3, 0.4) is 0 Å². The summed E-state index contributed by atoms with van der Waals surface area (Å²) in [4.78, 5) is 2.52. The number of hydrogen-bond acceptors (Lipinski definition) is 3. The van der Waals surface area contributed by atoms with Crippen molar-refractivity contribution in [2.75, 3.05) is 6.54 Å². The maximum atomic E-state index is 5.10. The molecule has 0 radical (unpaired) electrons. The van der Waals surface area contributed by atoms with Gasteiger partial charge in [-0.1, -0.05) is 24.9 Å². The van der Waals surface area contributed by atoms with Gasteiger partial charge in [0.25, 0.3) is 0 Å². The summed E-state index contributed by atoms with van der Waals surface area (Å²) in [6.45, 7) is 6.22. The lowest BCUT2D eigenvalue weighted by Gasteiger charge is -2.26. The van der Waals surface area contributed by atoms with Crippen LogP contribution in [-0.4, -0.2) is 22.6 Å². The van der Waals surface area contributed by atoms with E-state index in [0.717, 1.165) is 30.6 Å². The zero-order valence-corrected chi connectivity index (χ0v) is 9.70. The molecule has 15 heavy (non-hydrogen) atoms. The summed E-state index contributed by atoms with van der Waals surface area (Å²) in [7, 11) is 0. The molecule has 1 heterocycles. The maximum absolute atomic E-state index is 5.10. The van der Waals surface area contributed by atoms with Crippen molar-refractivity contribution in [3.05, 3.63) is 17.5 Å². The lowest BCUT2D eigenvalue weighted by molar-refractivity contribution is 0.194. The van der Waals surface area contributed by atoms with E-state index in [1.165, 1.54) is 25.7 Å². The van der Waals surface area contributed by atoms with Crippen LogP contribution in [0.1, 0.15) is 44.1 Å². The maximum Gasteiger partial charge on any atom is 0.133 e. The molecule has 0 bridgehead atoms. The average Bonchev–Trinajstić information content (AvgIpc) is 2.85. The summed E-state index contributed by atoms with van der Waals surface area (Å²) in [5.41, 5.74) is 1.07. The minimum Gasteiger partial charge on any atom is -0.361 e. The molecule has 0 aliphatic heterocycles. The quantitative estimate of drug-likeness (QED) is 0.762. The molecule has 1 fully saturated rings. The summed E-state index contributed by atoms with van der Waals surface area (Å²) >= 11 is 0. The van der Waals surface area contributed by atoms with Gasteiger partial charge in [-0.15, -0.1) is 0 Å². The summed E-state index contributed by atoms with van der Waals surface area (Å²) in [6, 6.07) is 2.81. The highest BCUT2D eigenvalue weighted by molar-refractivity contribution is 5.03. The van der Waals surface area contributed by atoms with Gasteiger partial charge in [-0.05, 0) is 26.3 Å². The monoisotopic (exact) mass is 208 g/mol. The third kappa shape index (κ3) is 2.59. The standard InChI is InChI=1S/C12H20N2O/c1-3-14(12-6-4-5-7-12)9-11-8-10(2)15-13-11/h8,12H,3-7,9H2,1-2H3. The fraction of sp³-hybridized carbons (Fsp3) is 0.750. The molecule has 2 rings (SSSR count). The number of aryl methyl sites for hydroxylation is 1. The fourth-order valence-electron chi connectivity index (χ4n) is 2.47. The van der Waals surface area contributed by atoms with Crippen molar-refractivity contribution in [3.8, 4) is 0 Å². The molecule has 0 unspecified atom stereocenters. The van der Waals surface area contributed by atoms with E-state index in [9.17, 15) is 0 Å². The molecule has 1 aromatic heterocycles. The molecule has 1 aromatic rings. The van der Waals surface area contributed by atoms with E-state index in [0.29, 0.717) is 0 Å². The van der Waals surface area contributed by atoms with Crippen LogP contribution in [0.2, 0.25) is 0 Å². The van der Waals surface area contributed by atoms with Gasteiger partial charge in [-0.3, -0.25) is 4.90 Å². The van der Waals surface area contributed by atoms with Crippen LogP contribution in [0.15, 0.2) is 10.6 Å². The largest absolute Gasteiger partial charge is 0.361 e. The predicted molar refractivity (Wildman–Crippen MR) is 59.6 cm³/mol. The number of hydrogen-bond donors (Lipinski definition) is 0. The molecule has 0 N–H and O–H groups in total. The summed E-state index contributed by atoms with van der Waals surface area (Å²) in [5, 5.41) is 4.06. The highest BCUT2D eigenvalue weighted by Crippen LogP contribution is 2.24. The highest BCUT2D eigenvalue weighted by atomic mass is 16.5. The lowest BCUT2D eigenvalue weighted by atomic mass is 10.2. The van der Waals surface area contributed by atoms with Crippen LogP contribution >= 0.6 is 0 Å². The van der Waals surface area contributed by atoms with E-state index < -0.39 is 0 Å². The summed E-state index contributed by atoms with van der Waals surface area (Å²) in [5.74, 6) is 0.910. The zero-order chi connectivity index (χ0) is 10.7. The Balaban J connectivity index is 1.95. The number of aromatic nitrogens is 1. The molecule has 3 heteroatoms. The third-order valence-corrected chi connectivity index (χ3v) is 3.29. The van der Waals surface area contributed by atoms with Crippen molar-refractivity contribution in [1.82, 2.24) is 10.1 Å². The van der Waals surface area contributed by atoms with E-state index in [1.807, 2.05) is 13.0 Å². The van der Waals surface area contributed by atoms with E-state index in [1.54, 1.807) is 0 Å². The first-order valence-electron chi connectivity index (χ1n) is 5.96. The zero-order valence-electron chi connectivity index (χ0n) is 9.70. The Morgan fingerprint density at radius 1 is 1.47 bits per heavy atom. The lowest BCUT2D eigenvalue weighted by Crippen LogP contribution is -2.32. The van der Waals surface area contributed by atoms with Crippen LogP contribution in [0.5, 0.6) is 0 Å². The molecule has 0 amide bonds. The van der Waals surface area contributed by atoms with Gasteiger partial charge in [-0.25, -0.2) is 0 Å². The van der Waals surface area contributed by atoms with E-state index in [2.05, 4.69) is 17.0 Å². The van der Waals surface area contributed by atoms with Crippen molar-refractivity contribution in [2.45, 2.75) is 52.1 Å². The second kappa shape index (κ2) is 4.79. The van der Waals surface area contributed by atoms with Crippen LogP contribution < -0.4 is 0 Å².